The summed E-state index contributed by atoms with van der Waals surface area (Å²) in [6.45, 7) is 0.00676. The lowest BCUT2D eigenvalue weighted by Gasteiger charge is -2.09. The van der Waals surface area contributed by atoms with Crippen LogP contribution in [0, 0.1) is 0 Å². The Labute approximate surface area is 144 Å². The van der Waals surface area contributed by atoms with Gasteiger partial charge < -0.3 is 9.84 Å². The first kappa shape index (κ1) is 15.4. The topological polar surface area (TPSA) is 71.0 Å². The molecule has 25 heavy (non-hydrogen) atoms. The van der Waals surface area contributed by atoms with Crippen molar-refractivity contribution in [1.29, 1.82) is 0 Å². The number of aromatic amines is 1. The summed E-state index contributed by atoms with van der Waals surface area (Å²) >= 11 is 0. The molecule has 2 N–H and O–H groups in total. The molecule has 0 fully saturated rings. The Morgan fingerprint density at radius 2 is 1.92 bits per heavy atom. The molecule has 0 aliphatic heterocycles. The fraction of sp³-hybridized carbons (Fsp3) is 0.100. The van der Waals surface area contributed by atoms with Gasteiger partial charge in [-0.05, 0) is 41.0 Å². The van der Waals surface area contributed by atoms with Crippen LogP contribution in [0.25, 0.3) is 33.4 Å². The van der Waals surface area contributed by atoms with Crippen LogP contribution in [-0.4, -0.2) is 27.4 Å². The minimum absolute atomic E-state index is 0.00676. The number of methoxy groups -OCH3 is 1. The van der Waals surface area contributed by atoms with Gasteiger partial charge in [0.2, 0.25) is 0 Å². The van der Waals surface area contributed by atoms with Crippen molar-refractivity contribution < 1.29 is 9.84 Å². The van der Waals surface area contributed by atoms with E-state index in [2.05, 4.69) is 15.2 Å². The molecule has 0 amide bonds. The first-order valence-corrected chi connectivity index (χ1v) is 7.98. The molecule has 0 aliphatic carbocycles. The van der Waals surface area contributed by atoms with Gasteiger partial charge in [-0.2, -0.15) is 5.10 Å². The summed E-state index contributed by atoms with van der Waals surface area (Å²) < 4.78 is 5.50. The van der Waals surface area contributed by atoms with Crippen LogP contribution in [0.5, 0.6) is 5.75 Å². The Hall–Kier alpha value is -3.18. The van der Waals surface area contributed by atoms with Gasteiger partial charge >= 0.3 is 0 Å². The van der Waals surface area contributed by atoms with Gasteiger partial charge in [-0.3, -0.25) is 5.10 Å². The maximum atomic E-state index is 9.44. The van der Waals surface area contributed by atoms with Crippen LogP contribution in [0.4, 0.5) is 0 Å². The Kier molecular flexibility index (Phi) is 3.91. The van der Waals surface area contributed by atoms with Gasteiger partial charge in [-0.25, -0.2) is 4.98 Å². The normalized spacial score (nSPS) is 11.0. The number of aliphatic hydroxyl groups excluding tert-OH is 1. The Morgan fingerprint density at radius 1 is 1.04 bits per heavy atom. The van der Waals surface area contributed by atoms with E-state index in [9.17, 15) is 5.11 Å². The van der Waals surface area contributed by atoms with Crippen molar-refractivity contribution in [2.75, 3.05) is 7.11 Å². The van der Waals surface area contributed by atoms with Crippen LogP contribution in [0.1, 0.15) is 5.56 Å². The average Bonchev–Trinajstić information content (AvgIpc) is 3.12. The number of benzene rings is 2. The lowest BCUT2D eigenvalue weighted by molar-refractivity contribution is 0.282. The zero-order valence-electron chi connectivity index (χ0n) is 13.7. The highest BCUT2D eigenvalue weighted by Crippen LogP contribution is 2.37. The lowest BCUT2D eigenvalue weighted by Crippen LogP contribution is -1.90. The van der Waals surface area contributed by atoms with E-state index >= 15 is 0 Å². The summed E-state index contributed by atoms with van der Waals surface area (Å²) in [7, 11) is 1.65. The number of nitrogens with zero attached hydrogens (tertiary/aromatic N) is 2. The smallest absolute Gasteiger partial charge is 0.182 e. The van der Waals surface area contributed by atoms with Crippen LogP contribution in [0.15, 0.2) is 60.8 Å². The lowest BCUT2D eigenvalue weighted by atomic mass is 9.98. The van der Waals surface area contributed by atoms with Gasteiger partial charge in [-0.1, -0.05) is 30.3 Å². The number of pyridine rings is 1. The number of hydrogen-bond acceptors (Lipinski definition) is 4. The molecule has 0 spiro atoms. The first-order valence-electron chi connectivity index (χ1n) is 7.98. The van der Waals surface area contributed by atoms with Gasteiger partial charge in [0.1, 0.15) is 5.75 Å². The molecule has 124 valence electrons. The molecule has 2 aromatic carbocycles. The molecule has 0 bridgehead atoms. The summed E-state index contributed by atoms with van der Waals surface area (Å²) in [5.41, 5.74) is 5.33. The molecule has 0 radical (unpaired) electrons. The fourth-order valence-corrected chi connectivity index (χ4v) is 3.07. The molecule has 2 aromatic heterocycles. The van der Waals surface area contributed by atoms with Gasteiger partial charge in [0.05, 0.1) is 24.8 Å². The number of aromatic nitrogens is 3. The highest BCUT2D eigenvalue weighted by atomic mass is 16.5. The standard InChI is InChI=1S/C20H17N3O2/c1-25-17-8-3-2-7-16(17)19-18-15(9-10-21-20(18)23-22-19)14-6-4-5-13(11-14)12-24/h2-11,24H,12H2,1H3,(H,21,22,23). The number of nitrogens with one attached hydrogen (secondary N) is 1. The van der Waals surface area contributed by atoms with Crippen LogP contribution < -0.4 is 4.74 Å². The van der Waals surface area contributed by atoms with E-state index in [-0.39, 0.29) is 6.61 Å². The zero-order chi connectivity index (χ0) is 17.2. The van der Waals surface area contributed by atoms with Crippen LogP contribution in [0.3, 0.4) is 0 Å². The van der Waals surface area contributed by atoms with E-state index < -0.39 is 0 Å². The Bertz CT molecular complexity index is 1040. The maximum Gasteiger partial charge on any atom is 0.182 e. The summed E-state index contributed by atoms with van der Waals surface area (Å²) in [6, 6.07) is 17.6. The molecular formula is C20H17N3O2. The van der Waals surface area contributed by atoms with E-state index in [0.717, 1.165) is 39.1 Å². The molecule has 4 rings (SSSR count). The minimum Gasteiger partial charge on any atom is -0.496 e. The molecule has 5 nitrogen and oxygen atoms in total. The molecule has 0 aliphatic rings. The summed E-state index contributed by atoms with van der Waals surface area (Å²) in [5, 5.41) is 17.8. The molecule has 2 heterocycles. The quantitative estimate of drug-likeness (QED) is 0.597. The molecule has 4 aromatic rings. The predicted octanol–water partition coefficient (Wildman–Crippen LogP) is 3.79. The highest BCUT2D eigenvalue weighted by Gasteiger charge is 2.16. The first-order chi connectivity index (χ1) is 12.3. The summed E-state index contributed by atoms with van der Waals surface area (Å²) in [5.74, 6) is 0.770. The van der Waals surface area contributed by atoms with Crippen LogP contribution >= 0.6 is 0 Å². The van der Waals surface area contributed by atoms with Crippen molar-refractivity contribution in [3.63, 3.8) is 0 Å². The second-order valence-corrected chi connectivity index (χ2v) is 5.71. The van der Waals surface area contributed by atoms with Crippen LogP contribution in [-0.2, 0) is 6.61 Å². The maximum absolute atomic E-state index is 9.44. The van der Waals surface area contributed by atoms with Crippen molar-refractivity contribution in [3.8, 4) is 28.1 Å². The number of rotatable bonds is 4. The SMILES string of the molecule is COc1ccccc1-c1[nH]nc2nccc(-c3cccc(CO)c3)c12. The van der Waals surface area contributed by atoms with Gasteiger partial charge in [0.15, 0.2) is 5.65 Å². The number of H-pyrrole nitrogens is 1. The largest absolute Gasteiger partial charge is 0.496 e. The van der Waals surface area contributed by atoms with Crippen LogP contribution in [0.2, 0.25) is 0 Å². The second kappa shape index (κ2) is 6.37. The summed E-state index contributed by atoms with van der Waals surface area (Å²) in [6.07, 6.45) is 1.75. The monoisotopic (exact) mass is 331 g/mol. The molecule has 0 atom stereocenters. The van der Waals surface area contributed by atoms with Crippen molar-refractivity contribution in [1.82, 2.24) is 15.2 Å². The molecule has 0 unspecified atom stereocenters. The van der Waals surface area contributed by atoms with Gasteiger partial charge in [-0.15, -0.1) is 0 Å². The number of ether oxygens (including phenoxy) is 1. The minimum atomic E-state index is 0.00676. The molecule has 5 heteroatoms. The third-order valence-corrected chi connectivity index (χ3v) is 4.25. The molecular weight excluding hydrogens is 314 g/mol. The van der Waals surface area contributed by atoms with E-state index in [1.807, 2.05) is 54.6 Å². The average molecular weight is 331 g/mol. The summed E-state index contributed by atoms with van der Waals surface area (Å²) in [4.78, 5) is 4.38. The highest BCUT2D eigenvalue weighted by molar-refractivity contribution is 6.03. The van der Waals surface area contributed by atoms with E-state index in [4.69, 9.17) is 4.74 Å². The molecule has 0 saturated heterocycles. The number of aliphatic hydroxyl groups is 1. The van der Waals surface area contributed by atoms with E-state index in [1.54, 1.807) is 13.3 Å². The van der Waals surface area contributed by atoms with E-state index in [1.165, 1.54) is 0 Å². The van der Waals surface area contributed by atoms with Crippen molar-refractivity contribution in [2.45, 2.75) is 6.61 Å². The number of fused-ring (bicyclic) bond motifs is 1. The molecule has 0 saturated carbocycles. The number of hydrogen-bond donors (Lipinski definition) is 2. The van der Waals surface area contributed by atoms with Gasteiger partial charge in [0, 0.05) is 11.8 Å². The third kappa shape index (κ3) is 2.64. The third-order valence-electron chi connectivity index (χ3n) is 4.25. The zero-order valence-corrected chi connectivity index (χ0v) is 13.7. The van der Waals surface area contributed by atoms with Crippen molar-refractivity contribution >= 4 is 11.0 Å². The Balaban J connectivity index is 1.99. The van der Waals surface area contributed by atoms with Crippen molar-refractivity contribution in [3.05, 3.63) is 66.4 Å². The predicted molar refractivity (Wildman–Crippen MR) is 97.2 cm³/mol. The van der Waals surface area contributed by atoms with Crippen molar-refractivity contribution in [2.24, 2.45) is 0 Å². The Morgan fingerprint density at radius 3 is 2.76 bits per heavy atom. The van der Waals surface area contributed by atoms with Gasteiger partial charge in [0.25, 0.3) is 0 Å². The number of para-hydroxylation sites is 1. The fourth-order valence-electron chi connectivity index (χ4n) is 3.07. The van der Waals surface area contributed by atoms with E-state index in [0.29, 0.717) is 5.65 Å². The second-order valence-electron chi connectivity index (χ2n) is 5.71.